The van der Waals surface area contributed by atoms with Crippen LogP contribution in [0, 0.1) is 22.7 Å². The molecule has 4 rings (SSSR count). The Balaban J connectivity index is 1.74. The average molecular weight is 433 g/mol. The summed E-state index contributed by atoms with van der Waals surface area (Å²) >= 11 is 0. The average Bonchev–Trinajstić information content (AvgIpc) is 3.11. The van der Waals surface area contributed by atoms with Gasteiger partial charge in [0.1, 0.15) is 0 Å². The zero-order chi connectivity index (χ0) is 21.8. The molecule has 3 aromatic rings. The van der Waals surface area contributed by atoms with E-state index < -0.39 is 10.0 Å². The number of nitriles is 2. The van der Waals surface area contributed by atoms with E-state index in [-0.39, 0.29) is 23.9 Å². The van der Waals surface area contributed by atoms with Crippen LogP contribution in [0.2, 0.25) is 0 Å². The minimum absolute atomic E-state index is 0.152. The number of rotatable bonds is 7. The molecule has 0 spiro atoms. The number of para-hydroxylation sites is 1. The fourth-order valence-corrected chi connectivity index (χ4v) is 6.31. The number of aryl methyl sites for hydroxylation is 1. The van der Waals surface area contributed by atoms with Crippen LogP contribution in [-0.4, -0.2) is 29.9 Å². The summed E-state index contributed by atoms with van der Waals surface area (Å²) in [6, 6.07) is 20.7. The van der Waals surface area contributed by atoms with Crippen LogP contribution in [0.4, 0.5) is 0 Å². The van der Waals surface area contributed by atoms with Crippen LogP contribution in [0.25, 0.3) is 10.9 Å². The Kier molecular flexibility index (Phi) is 6.08. The Labute approximate surface area is 183 Å². The van der Waals surface area contributed by atoms with Gasteiger partial charge in [-0.05, 0) is 43.0 Å². The van der Waals surface area contributed by atoms with Crippen molar-refractivity contribution in [1.82, 2.24) is 8.87 Å². The van der Waals surface area contributed by atoms with Crippen molar-refractivity contribution in [3.63, 3.8) is 0 Å². The zero-order valence-corrected chi connectivity index (χ0v) is 18.1. The molecule has 0 saturated heterocycles. The lowest BCUT2D eigenvalue weighted by atomic mass is 9.91. The third-order valence-corrected chi connectivity index (χ3v) is 7.96. The molecule has 31 heavy (non-hydrogen) atoms. The van der Waals surface area contributed by atoms with Crippen LogP contribution in [0.3, 0.4) is 0 Å². The summed E-state index contributed by atoms with van der Waals surface area (Å²) in [6.07, 6.45) is 2.62. The third-order valence-electron chi connectivity index (χ3n) is 6.00. The minimum atomic E-state index is -3.70. The molecule has 2 aromatic carbocycles. The standard InChI is InChI=1S/C24H24N4O2S/c25-14-6-16-27-23-11-5-4-10-21(23)22-18-19(12-13-24(22)27)28(17-7-15-26)31(29,30)20-8-2-1-3-9-20/h1-5,8-11,19H,6-7,12-13,16-18H2. The quantitative estimate of drug-likeness (QED) is 0.564. The first-order valence-corrected chi connectivity index (χ1v) is 11.9. The van der Waals surface area contributed by atoms with Crippen molar-refractivity contribution in [2.75, 3.05) is 6.54 Å². The molecule has 158 valence electrons. The van der Waals surface area contributed by atoms with Crippen molar-refractivity contribution in [1.29, 1.82) is 10.5 Å². The van der Waals surface area contributed by atoms with Gasteiger partial charge in [0.25, 0.3) is 0 Å². The van der Waals surface area contributed by atoms with Gasteiger partial charge in [0, 0.05) is 42.1 Å². The van der Waals surface area contributed by atoms with E-state index in [4.69, 9.17) is 10.5 Å². The van der Waals surface area contributed by atoms with Crippen LogP contribution in [0.15, 0.2) is 59.5 Å². The molecule has 1 aliphatic rings. The highest BCUT2D eigenvalue weighted by molar-refractivity contribution is 7.89. The molecule has 0 amide bonds. The molecule has 1 unspecified atom stereocenters. The number of nitrogens with zero attached hydrogens (tertiary/aromatic N) is 4. The van der Waals surface area contributed by atoms with E-state index >= 15 is 0 Å². The fourth-order valence-electron chi connectivity index (χ4n) is 4.63. The van der Waals surface area contributed by atoms with Crippen LogP contribution in [0.5, 0.6) is 0 Å². The third kappa shape index (κ3) is 3.95. The Bertz CT molecular complexity index is 1270. The molecule has 7 heteroatoms. The van der Waals surface area contributed by atoms with Gasteiger partial charge in [-0.1, -0.05) is 36.4 Å². The summed E-state index contributed by atoms with van der Waals surface area (Å²) in [5, 5.41) is 19.3. The molecule has 0 radical (unpaired) electrons. The summed E-state index contributed by atoms with van der Waals surface area (Å²) < 4.78 is 30.6. The lowest BCUT2D eigenvalue weighted by Crippen LogP contribution is -2.44. The number of fused-ring (bicyclic) bond motifs is 3. The van der Waals surface area contributed by atoms with Crippen LogP contribution in [0.1, 0.15) is 30.5 Å². The Morgan fingerprint density at radius 2 is 1.71 bits per heavy atom. The van der Waals surface area contributed by atoms with E-state index in [0.717, 1.165) is 22.9 Å². The number of sulfonamides is 1. The maximum absolute atomic E-state index is 13.4. The number of benzene rings is 2. The number of hydrogen-bond acceptors (Lipinski definition) is 4. The Morgan fingerprint density at radius 1 is 1.00 bits per heavy atom. The molecule has 0 fully saturated rings. The Morgan fingerprint density at radius 3 is 2.45 bits per heavy atom. The van der Waals surface area contributed by atoms with E-state index in [1.54, 1.807) is 30.3 Å². The highest BCUT2D eigenvalue weighted by Gasteiger charge is 2.35. The maximum atomic E-state index is 13.4. The van der Waals surface area contributed by atoms with Gasteiger partial charge in [-0.2, -0.15) is 14.8 Å². The molecule has 1 atom stereocenters. The molecular formula is C24H24N4O2S. The van der Waals surface area contributed by atoms with E-state index in [1.165, 1.54) is 10.00 Å². The van der Waals surface area contributed by atoms with E-state index in [2.05, 4.69) is 28.8 Å². The molecule has 1 aromatic heterocycles. The van der Waals surface area contributed by atoms with Crippen LogP contribution >= 0.6 is 0 Å². The van der Waals surface area contributed by atoms with Gasteiger partial charge in [-0.25, -0.2) is 8.42 Å². The van der Waals surface area contributed by atoms with Crippen molar-refractivity contribution in [3.05, 3.63) is 65.9 Å². The molecule has 0 saturated carbocycles. The second-order valence-electron chi connectivity index (χ2n) is 7.74. The van der Waals surface area contributed by atoms with Crippen molar-refractivity contribution in [2.45, 2.75) is 49.6 Å². The summed E-state index contributed by atoms with van der Waals surface area (Å²) in [6.45, 7) is 0.818. The highest BCUT2D eigenvalue weighted by Crippen LogP contribution is 2.35. The van der Waals surface area contributed by atoms with Crippen molar-refractivity contribution in [3.8, 4) is 12.1 Å². The molecule has 1 aliphatic carbocycles. The van der Waals surface area contributed by atoms with Crippen molar-refractivity contribution in [2.24, 2.45) is 0 Å². The van der Waals surface area contributed by atoms with E-state index in [9.17, 15) is 8.42 Å². The first-order valence-electron chi connectivity index (χ1n) is 10.5. The molecule has 0 bridgehead atoms. The molecular weight excluding hydrogens is 408 g/mol. The first-order chi connectivity index (χ1) is 15.1. The number of aromatic nitrogens is 1. The van der Waals surface area contributed by atoms with Crippen LogP contribution < -0.4 is 0 Å². The topological polar surface area (TPSA) is 89.9 Å². The molecule has 0 aliphatic heterocycles. The van der Waals surface area contributed by atoms with Gasteiger partial charge in [0.15, 0.2) is 0 Å². The smallest absolute Gasteiger partial charge is 0.243 e. The van der Waals surface area contributed by atoms with Gasteiger partial charge >= 0.3 is 0 Å². The SMILES string of the molecule is N#CCCN(C1CCc2c(c3ccccc3n2CCC#N)C1)S(=O)(=O)c1ccccc1. The first kappa shape index (κ1) is 21.1. The van der Waals surface area contributed by atoms with Gasteiger partial charge < -0.3 is 4.57 Å². The van der Waals surface area contributed by atoms with Crippen LogP contribution in [-0.2, 0) is 29.4 Å². The normalized spacial score (nSPS) is 16.0. The van der Waals surface area contributed by atoms with Gasteiger partial charge in [-0.3, -0.25) is 0 Å². The second kappa shape index (κ2) is 8.93. The van der Waals surface area contributed by atoms with E-state index in [0.29, 0.717) is 25.8 Å². The largest absolute Gasteiger partial charge is 0.343 e. The van der Waals surface area contributed by atoms with Gasteiger partial charge in [0.05, 0.1) is 23.5 Å². The number of hydrogen-bond donors (Lipinski definition) is 0. The minimum Gasteiger partial charge on any atom is -0.343 e. The predicted octanol–water partition coefficient (Wildman–Crippen LogP) is 4.02. The molecule has 6 nitrogen and oxygen atoms in total. The maximum Gasteiger partial charge on any atom is 0.243 e. The lowest BCUT2D eigenvalue weighted by Gasteiger charge is -2.33. The Hall–Kier alpha value is -3.13. The summed E-state index contributed by atoms with van der Waals surface area (Å²) in [5.41, 5.74) is 3.46. The zero-order valence-electron chi connectivity index (χ0n) is 17.2. The molecule has 0 N–H and O–H groups in total. The summed E-state index contributed by atoms with van der Waals surface area (Å²) in [5.74, 6) is 0. The van der Waals surface area contributed by atoms with Gasteiger partial charge in [-0.15, -0.1) is 0 Å². The van der Waals surface area contributed by atoms with E-state index in [1.807, 2.05) is 12.1 Å². The highest BCUT2D eigenvalue weighted by atomic mass is 32.2. The van der Waals surface area contributed by atoms with Gasteiger partial charge in [0.2, 0.25) is 10.0 Å². The molecule has 1 heterocycles. The van der Waals surface area contributed by atoms with Crippen molar-refractivity contribution >= 4 is 20.9 Å². The predicted molar refractivity (Wildman–Crippen MR) is 119 cm³/mol. The monoisotopic (exact) mass is 432 g/mol. The summed E-state index contributed by atoms with van der Waals surface area (Å²) in [7, 11) is -3.70. The fraction of sp³-hybridized carbons (Fsp3) is 0.333. The van der Waals surface area contributed by atoms with Crippen molar-refractivity contribution < 1.29 is 8.42 Å². The lowest BCUT2D eigenvalue weighted by molar-refractivity contribution is 0.295. The second-order valence-corrected chi connectivity index (χ2v) is 9.63. The summed E-state index contributed by atoms with van der Waals surface area (Å²) in [4.78, 5) is 0.259.